The molecule has 0 saturated carbocycles. The lowest BCUT2D eigenvalue weighted by Gasteiger charge is -2.32. The first kappa shape index (κ1) is 19.7. The molecule has 2 aromatic heterocycles. The molecule has 0 bridgehead atoms. The van der Waals surface area contributed by atoms with Gasteiger partial charge in [-0.25, -0.2) is 0 Å². The predicted molar refractivity (Wildman–Crippen MR) is 109 cm³/mol. The summed E-state index contributed by atoms with van der Waals surface area (Å²) in [6, 6.07) is 15.2. The Labute approximate surface area is 173 Å². The SMILES string of the molecule is CN(C)C(CN1C(=O)C(O)=C(C(=O)c2ccco2)C1c1ccco1)c1ccccc1. The zero-order valence-corrected chi connectivity index (χ0v) is 16.7. The van der Waals surface area contributed by atoms with Crippen LogP contribution in [-0.2, 0) is 4.79 Å². The second-order valence-corrected chi connectivity index (χ2v) is 7.33. The Balaban J connectivity index is 1.74. The quantitative estimate of drug-likeness (QED) is 0.601. The summed E-state index contributed by atoms with van der Waals surface area (Å²) in [4.78, 5) is 29.6. The van der Waals surface area contributed by atoms with Crippen molar-refractivity contribution in [1.29, 1.82) is 0 Å². The Morgan fingerprint density at radius 2 is 1.77 bits per heavy atom. The summed E-state index contributed by atoms with van der Waals surface area (Å²) in [6.07, 6.45) is 2.85. The van der Waals surface area contributed by atoms with E-state index in [0.717, 1.165) is 5.56 Å². The highest BCUT2D eigenvalue weighted by atomic mass is 16.3. The standard InChI is InChI=1S/C23H22N2O5/c1-24(2)16(15-8-4-3-5-9-15)14-25-20(17-10-6-12-29-17)19(22(27)23(25)28)21(26)18-11-7-13-30-18/h3-13,16,20,27H,14H2,1-2H3. The fourth-order valence-corrected chi connectivity index (χ4v) is 3.79. The number of hydrogen-bond acceptors (Lipinski definition) is 6. The van der Waals surface area contributed by atoms with Gasteiger partial charge >= 0.3 is 0 Å². The van der Waals surface area contributed by atoms with Gasteiger partial charge in [0, 0.05) is 6.54 Å². The summed E-state index contributed by atoms with van der Waals surface area (Å²) in [5.74, 6) is -1.30. The summed E-state index contributed by atoms with van der Waals surface area (Å²) in [6.45, 7) is 0.250. The fourth-order valence-electron chi connectivity index (χ4n) is 3.79. The molecule has 2 unspecified atom stereocenters. The summed E-state index contributed by atoms with van der Waals surface area (Å²) in [5, 5.41) is 10.7. The highest BCUT2D eigenvalue weighted by Crippen LogP contribution is 2.40. The summed E-state index contributed by atoms with van der Waals surface area (Å²) in [5.41, 5.74) is 0.967. The van der Waals surface area contributed by atoms with Crippen molar-refractivity contribution in [2.45, 2.75) is 12.1 Å². The van der Waals surface area contributed by atoms with Crippen molar-refractivity contribution < 1.29 is 23.5 Å². The van der Waals surface area contributed by atoms with Gasteiger partial charge in [-0.05, 0) is 43.9 Å². The Hall–Kier alpha value is -3.58. The molecule has 3 aromatic rings. The van der Waals surface area contributed by atoms with Crippen molar-refractivity contribution in [3.63, 3.8) is 0 Å². The van der Waals surface area contributed by atoms with Gasteiger partial charge in [-0.1, -0.05) is 30.3 Å². The van der Waals surface area contributed by atoms with Crippen LogP contribution in [0.1, 0.15) is 34.0 Å². The average molecular weight is 406 g/mol. The van der Waals surface area contributed by atoms with Crippen molar-refractivity contribution in [2.24, 2.45) is 0 Å². The molecule has 0 radical (unpaired) electrons. The average Bonchev–Trinajstić information content (AvgIpc) is 3.49. The molecule has 1 aromatic carbocycles. The van der Waals surface area contributed by atoms with E-state index >= 15 is 0 Å². The second-order valence-electron chi connectivity index (χ2n) is 7.33. The molecule has 4 rings (SSSR count). The number of nitrogens with zero attached hydrogens (tertiary/aromatic N) is 2. The third-order valence-corrected chi connectivity index (χ3v) is 5.28. The summed E-state index contributed by atoms with van der Waals surface area (Å²) >= 11 is 0. The van der Waals surface area contributed by atoms with Crippen molar-refractivity contribution in [2.75, 3.05) is 20.6 Å². The van der Waals surface area contributed by atoms with Crippen molar-refractivity contribution in [3.8, 4) is 0 Å². The number of furan rings is 2. The van der Waals surface area contributed by atoms with E-state index in [1.54, 1.807) is 18.2 Å². The molecule has 0 spiro atoms. The van der Waals surface area contributed by atoms with Crippen LogP contribution in [-0.4, -0.2) is 47.2 Å². The molecule has 7 heteroatoms. The van der Waals surface area contributed by atoms with E-state index in [-0.39, 0.29) is 23.9 Å². The number of carbonyl (C=O) groups is 2. The molecule has 1 N–H and O–H groups in total. The van der Waals surface area contributed by atoms with Crippen molar-refractivity contribution >= 4 is 11.7 Å². The number of carbonyl (C=O) groups excluding carboxylic acids is 2. The number of aliphatic hydroxyl groups excluding tert-OH is 1. The zero-order valence-electron chi connectivity index (χ0n) is 16.7. The highest BCUT2D eigenvalue weighted by Gasteiger charge is 2.46. The molecule has 0 aliphatic carbocycles. The number of ketones is 1. The maximum absolute atomic E-state index is 13.1. The van der Waals surface area contributed by atoms with E-state index in [0.29, 0.717) is 5.76 Å². The zero-order chi connectivity index (χ0) is 21.3. The van der Waals surface area contributed by atoms with Crippen LogP contribution in [0.4, 0.5) is 0 Å². The molecule has 30 heavy (non-hydrogen) atoms. The minimum atomic E-state index is -0.851. The normalized spacial score (nSPS) is 17.8. The van der Waals surface area contributed by atoms with E-state index < -0.39 is 23.5 Å². The molecule has 3 heterocycles. The maximum atomic E-state index is 13.1. The first-order valence-corrected chi connectivity index (χ1v) is 9.56. The monoisotopic (exact) mass is 406 g/mol. The fraction of sp³-hybridized carbons (Fsp3) is 0.217. The minimum absolute atomic E-state index is 0.0459. The number of likely N-dealkylation sites (N-methyl/N-ethyl adjacent to an activating group) is 1. The highest BCUT2D eigenvalue weighted by molar-refractivity contribution is 6.14. The van der Waals surface area contributed by atoms with E-state index in [9.17, 15) is 14.7 Å². The largest absolute Gasteiger partial charge is 0.503 e. The molecule has 0 saturated heterocycles. The van der Waals surface area contributed by atoms with Gasteiger partial charge in [-0.2, -0.15) is 0 Å². The van der Waals surface area contributed by atoms with Gasteiger partial charge in [0.05, 0.1) is 24.1 Å². The van der Waals surface area contributed by atoms with Crippen LogP contribution in [0, 0.1) is 0 Å². The topological polar surface area (TPSA) is 87.1 Å². The van der Waals surface area contributed by atoms with E-state index in [1.165, 1.54) is 23.5 Å². The van der Waals surface area contributed by atoms with Gasteiger partial charge in [-0.15, -0.1) is 0 Å². The number of rotatable bonds is 7. The Morgan fingerprint density at radius 1 is 1.07 bits per heavy atom. The Morgan fingerprint density at radius 3 is 2.37 bits per heavy atom. The molecular weight excluding hydrogens is 384 g/mol. The van der Waals surface area contributed by atoms with Crippen LogP contribution in [0.15, 0.2) is 87.3 Å². The number of benzene rings is 1. The van der Waals surface area contributed by atoms with Gasteiger partial charge < -0.3 is 23.7 Å². The molecule has 2 atom stereocenters. The lowest BCUT2D eigenvalue weighted by molar-refractivity contribution is -0.130. The molecule has 1 aliphatic rings. The molecule has 7 nitrogen and oxygen atoms in total. The smallest absolute Gasteiger partial charge is 0.290 e. The van der Waals surface area contributed by atoms with Crippen LogP contribution >= 0.6 is 0 Å². The number of hydrogen-bond donors (Lipinski definition) is 1. The van der Waals surface area contributed by atoms with Crippen LogP contribution in [0.25, 0.3) is 0 Å². The number of Topliss-reactive ketones (excluding diaryl/α,β-unsaturated/α-hetero) is 1. The first-order valence-electron chi connectivity index (χ1n) is 9.56. The van der Waals surface area contributed by atoms with Crippen molar-refractivity contribution in [3.05, 3.63) is 95.5 Å². The third kappa shape index (κ3) is 3.44. The van der Waals surface area contributed by atoms with Gasteiger partial charge in [0.25, 0.3) is 5.91 Å². The van der Waals surface area contributed by atoms with Crippen LogP contribution in [0.5, 0.6) is 0 Å². The van der Waals surface area contributed by atoms with E-state index in [2.05, 4.69) is 0 Å². The minimum Gasteiger partial charge on any atom is -0.503 e. The van der Waals surface area contributed by atoms with Crippen molar-refractivity contribution in [1.82, 2.24) is 9.80 Å². The maximum Gasteiger partial charge on any atom is 0.290 e. The second kappa shape index (κ2) is 8.04. The Bertz CT molecular complexity index is 1050. The van der Waals surface area contributed by atoms with Gasteiger partial charge in [0.2, 0.25) is 5.78 Å². The number of amides is 1. The number of aliphatic hydroxyl groups is 1. The lowest BCUT2D eigenvalue weighted by Crippen LogP contribution is -2.38. The summed E-state index contributed by atoms with van der Waals surface area (Å²) in [7, 11) is 3.84. The van der Waals surface area contributed by atoms with Crippen LogP contribution in [0.2, 0.25) is 0 Å². The molecule has 154 valence electrons. The van der Waals surface area contributed by atoms with Gasteiger partial charge in [0.1, 0.15) is 11.8 Å². The predicted octanol–water partition coefficient (Wildman–Crippen LogP) is 3.75. The van der Waals surface area contributed by atoms with Gasteiger partial charge in [0.15, 0.2) is 11.5 Å². The third-order valence-electron chi connectivity index (χ3n) is 5.28. The first-order chi connectivity index (χ1) is 14.5. The summed E-state index contributed by atoms with van der Waals surface area (Å²) < 4.78 is 10.8. The Kier molecular flexibility index (Phi) is 5.29. The van der Waals surface area contributed by atoms with Gasteiger partial charge in [-0.3, -0.25) is 9.59 Å². The molecule has 1 amide bonds. The molecule has 1 aliphatic heterocycles. The van der Waals surface area contributed by atoms with Crippen LogP contribution in [0.3, 0.4) is 0 Å². The van der Waals surface area contributed by atoms with Crippen LogP contribution < -0.4 is 0 Å². The van der Waals surface area contributed by atoms with E-state index in [4.69, 9.17) is 8.83 Å². The lowest BCUT2D eigenvalue weighted by atomic mass is 9.98. The molecular formula is C23H22N2O5. The van der Waals surface area contributed by atoms with E-state index in [1.807, 2.05) is 49.3 Å². The molecule has 0 fully saturated rings.